The first-order valence-electron chi connectivity index (χ1n) is 7.23. The number of hydrogen-bond acceptors (Lipinski definition) is 4. The Morgan fingerprint density at radius 2 is 2.24 bits per heavy atom. The molecule has 1 unspecified atom stereocenters. The molecule has 1 aliphatic rings. The van der Waals surface area contributed by atoms with Gasteiger partial charge in [-0.1, -0.05) is 6.07 Å². The van der Waals surface area contributed by atoms with Crippen molar-refractivity contribution in [2.45, 2.75) is 25.7 Å². The fourth-order valence-corrected chi connectivity index (χ4v) is 2.77. The molecule has 1 amide bonds. The maximum Gasteiger partial charge on any atom is 0.274 e. The SMILES string of the molecule is Cc1cccc(C2CCCN(C(=O)c3cnccn3)C2)n1. The van der Waals surface area contributed by atoms with Crippen molar-refractivity contribution in [1.29, 1.82) is 0 Å². The Morgan fingerprint density at radius 3 is 3.00 bits per heavy atom. The summed E-state index contributed by atoms with van der Waals surface area (Å²) in [4.78, 5) is 27.0. The molecule has 0 N–H and O–H groups in total. The molecule has 0 saturated carbocycles. The summed E-state index contributed by atoms with van der Waals surface area (Å²) in [6.45, 7) is 3.47. The van der Waals surface area contributed by atoms with Gasteiger partial charge in [0.25, 0.3) is 5.91 Å². The minimum absolute atomic E-state index is 0.0412. The second-order valence-electron chi connectivity index (χ2n) is 5.38. The van der Waals surface area contributed by atoms with Crippen LogP contribution in [-0.2, 0) is 0 Å². The van der Waals surface area contributed by atoms with Crippen LogP contribution in [0, 0.1) is 6.92 Å². The number of amides is 1. The molecule has 21 heavy (non-hydrogen) atoms. The predicted octanol–water partition coefficient (Wildman–Crippen LogP) is 2.20. The van der Waals surface area contributed by atoms with Gasteiger partial charge in [-0.15, -0.1) is 0 Å². The van der Waals surface area contributed by atoms with Crippen LogP contribution in [0.3, 0.4) is 0 Å². The second kappa shape index (κ2) is 5.99. The molecule has 108 valence electrons. The van der Waals surface area contributed by atoms with Crippen LogP contribution in [0.5, 0.6) is 0 Å². The van der Waals surface area contributed by atoms with Gasteiger partial charge in [0.2, 0.25) is 0 Å². The number of aromatic nitrogens is 3. The summed E-state index contributed by atoms with van der Waals surface area (Å²) in [5, 5.41) is 0. The summed E-state index contributed by atoms with van der Waals surface area (Å²) in [5.74, 6) is 0.264. The van der Waals surface area contributed by atoms with E-state index < -0.39 is 0 Å². The number of carbonyl (C=O) groups is 1. The molecule has 1 aliphatic heterocycles. The minimum Gasteiger partial charge on any atom is -0.337 e. The molecule has 2 aromatic heterocycles. The van der Waals surface area contributed by atoms with E-state index in [0.29, 0.717) is 18.2 Å². The summed E-state index contributed by atoms with van der Waals surface area (Å²) in [5.41, 5.74) is 2.51. The molecular formula is C16H18N4O. The molecular weight excluding hydrogens is 264 g/mol. The van der Waals surface area contributed by atoms with E-state index in [0.717, 1.165) is 30.8 Å². The number of carbonyl (C=O) groups excluding carboxylic acids is 1. The Bertz CT molecular complexity index is 629. The normalized spacial score (nSPS) is 18.5. The third-order valence-electron chi connectivity index (χ3n) is 3.82. The number of aryl methyl sites for hydroxylation is 1. The first-order valence-corrected chi connectivity index (χ1v) is 7.23. The highest BCUT2D eigenvalue weighted by Gasteiger charge is 2.26. The number of hydrogen-bond donors (Lipinski definition) is 0. The fraction of sp³-hybridized carbons (Fsp3) is 0.375. The molecule has 0 aliphatic carbocycles. The highest BCUT2D eigenvalue weighted by molar-refractivity contribution is 5.92. The van der Waals surface area contributed by atoms with E-state index in [1.165, 1.54) is 6.20 Å². The van der Waals surface area contributed by atoms with Gasteiger partial charge in [0, 0.05) is 42.8 Å². The van der Waals surface area contributed by atoms with Crippen LogP contribution in [-0.4, -0.2) is 38.8 Å². The Labute approximate surface area is 124 Å². The zero-order valence-corrected chi connectivity index (χ0v) is 12.1. The lowest BCUT2D eigenvalue weighted by atomic mass is 9.94. The summed E-state index contributed by atoms with van der Waals surface area (Å²) >= 11 is 0. The third kappa shape index (κ3) is 3.07. The van der Waals surface area contributed by atoms with Crippen molar-refractivity contribution in [1.82, 2.24) is 19.9 Å². The molecule has 3 heterocycles. The highest BCUT2D eigenvalue weighted by atomic mass is 16.2. The first kappa shape index (κ1) is 13.7. The molecule has 1 saturated heterocycles. The average molecular weight is 282 g/mol. The van der Waals surface area contributed by atoms with Gasteiger partial charge in [-0.05, 0) is 31.9 Å². The Kier molecular flexibility index (Phi) is 3.90. The van der Waals surface area contributed by atoms with E-state index in [4.69, 9.17) is 0 Å². The number of nitrogens with zero attached hydrogens (tertiary/aromatic N) is 4. The first-order chi connectivity index (χ1) is 10.2. The Morgan fingerprint density at radius 1 is 1.33 bits per heavy atom. The zero-order chi connectivity index (χ0) is 14.7. The van der Waals surface area contributed by atoms with E-state index in [2.05, 4.69) is 15.0 Å². The van der Waals surface area contributed by atoms with Crippen LogP contribution in [0.15, 0.2) is 36.8 Å². The van der Waals surface area contributed by atoms with Crippen molar-refractivity contribution in [3.05, 3.63) is 53.9 Å². The van der Waals surface area contributed by atoms with Crippen LogP contribution in [0.1, 0.15) is 40.6 Å². The van der Waals surface area contributed by atoms with Gasteiger partial charge < -0.3 is 4.90 Å². The lowest BCUT2D eigenvalue weighted by Crippen LogP contribution is -2.39. The van der Waals surface area contributed by atoms with Gasteiger partial charge in [-0.25, -0.2) is 4.98 Å². The fourth-order valence-electron chi connectivity index (χ4n) is 2.77. The van der Waals surface area contributed by atoms with Gasteiger partial charge in [-0.2, -0.15) is 0 Å². The van der Waals surface area contributed by atoms with Crippen LogP contribution in [0.2, 0.25) is 0 Å². The number of likely N-dealkylation sites (tertiary alicyclic amines) is 1. The van der Waals surface area contributed by atoms with E-state index in [9.17, 15) is 4.79 Å². The van der Waals surface area contributed by atoms with Gasteiger partial charge in [-0.3, -0.25) is 14.8 Å². The van der Waals surface area contributed by atoms with Gasteiger partial charge >= 0.3 is 0 Å². The van der Waals surface area contributed by atoms with Crippen molar-refractivity contribution >= 4 is 5.91 Å². The van der Waals surface area contributed by atoms with Crippen molar-refractivity contribution in [3.63, 3.8) is 0 Å². The minimum atomic E-state index is -0.0412. The molecule has 0 radical (unpaired) electrons. The van der Waals surface area contributed by atoms with Gasteiger partial charge in [0.05, 0.1) is 6.20 Å². The molecule has 3 rings (SSSR count). The summed E-state index contributed by atoms with van der Waals surface area (Å²) in [6, 6.07) is 6.07. The van der Waals surface area contributed by atoms with E-state index >= 15 is 0 Å². The van der Waals surface area contributed by atoms with Crippen LogP contribution >= 0.6 is 0 Å². The standard InChI is InChI=1S/C16H18N4O/c1-12-4-2-6-14(19-12)13-5-3-9-20(11-13)16(21)15-10-17-7-8-18-15/h2,4,6-8,10,13H,3,5,9,11H2,1H3. The molecule has 1 fully saturated rings. The van der Waals surface area contributed by atoms with E-state index in [1.807, 2.05) is 30.0 Å². The molecule has 1 atom stereocenters. The van der Waals surface area contributed by atoms with Crippen LogP contribution < -0.4 is 0 Å². The molecule has 5 nitrogen and oxygen atoms in total. The topological polar surface area (TPSA) is 59.0 Å². The van der Waals surface area contributed by atoms with Crippen LogP contribution in [0.25, 0.3) is 0 Å². The number of pyridine rings is 1. The molecule has 5 heteroatoms. The van der Waals surface area contributed by atoms with E-state index in [-0.39, 0.29) is 5.91 Å². The van der Waals surface area contributed by atoms with Gasteiger partial charge in [0.1, 0.15) is 5.69 Å². The summed E-state index contributed by atoms with van der Waals surface area (Å²) in [7, 11) is 0. The zero-order valence-electron chi connectivity index (χ0n) is 12.1. The smallest absolute Gasteiger partial charge is 0.274 e. The summed E-state index contributed by atoms with van der Waals surface area (Å²) < 4.78 is 0. The van der Waals surface area contributed by atoms with Crippen molar-refractivity contribution in [3.8, 4) is 0 Å². The predicted molar refractivity (Wildman–Crippen MR) is 78.9 cm³/mol. The van der Waals surface area contributed by atoms with Crippen molar-refractivity contribution in [2.24, 2.45) is 0 Å². The number of rotatable bonds is 2. The quantitative estimate of drug-likeness (QED) is 0.847. The molecule has 2 aromatic rings. The summed E-state index contributed by atoms with van der Waals surface area (Å²) in [6.07, 6.45) is 6.72. The van der Waals surface area contributed by atoms with Crippen molar-refractivity contribution in [2.75, 3.05) is 13.1 Å². The maximum absolute atomic E-state index is 12.4. The monoisotopic (exact) mass is 282 g/mol. The average Bonchev–Trinajstić information content (AvgIpc) is 2.55. The third-order valence-corrected chi connectivity index (χ3v) is 3.82. The molecule has 0 spiro atoms. The van der Waals surface area contributed by atoms with Gasteiger partial charge in [0.15, 0.2) is 0 Å². The maximum atomic E-state index is 12.4. The Balaban J connectivity index is 1.75. The second-order valence-corrected chi connectivity index (χ2v) is 5.38. The van der Waals surface area contributed by atoms with E-state index in [1.54, 1.807) is 12.4 Å². The highest BCUT2D eigenvalue weighted by Crippen LogP contribution is 2.26. The molecule has 0 aromatic carbocycles. The van der Waals surface area contributed by atoms with Crippen LogP contribution in [0.4, 0.5) is 0 Å². The van der Waals surface area contributed by atoms with Crippen molar-refractivity contribution < 1.29 is 4.79 Å². The molecule has 0 bridgehead atoms. The lowest BCUT2D eigenvalue weighted by molar-refractivity contribution is 0.0699. The largest absolute Gasteiger partial charge is 0.337 e. The Hall–Kier alpha value is -2.30. The number of piperidine rings is 1. The lowest BCUT2D eigenvalue weighted by Gasteiger charge is -2.32.